The molecule has 1 fully saturated rings. The SMILES string of the molecule is CC(c1ccc(F)cc1)N1C(=O)CCC1CCNCc1cccnc1. The maximum atomic E-state index is 13.1. The van der Waals surface area contributed by atoms with Crippen LogP contribution < -0.4 is 5.32 Å². The highest BCUT2D eigenvalue weighted by Gasteiger charge is 2.34. The molecule has 5 heteroatoms. The van der Waals surface area contributed by atoms with E-state index < -0.39 is 0 Å². The van der Waals surface area contributed by atoms with E-state index in [0.717, 1.165) is 37.1 Å². The summed E-state index contributed by atoms with van der Waals surface area (Å²) >= 11 is 0. The van der Waals surface area contributed by atoms with E-state index in [0.29, 0.717) is 6.42 Å². The monoisotopic (exact) mass is 341 g/mol. The molecule has 2 heterocycles. The highest BCUT2D eigenvalue weighted by molar-refractivity contribution is 5.79. The lowest BCUT2D eigenvalue weighted by Gasteiger charge is -2.31. The quantitative estimate of drug-likeness (QED) is 0.785. The van der Waals surface area contributed by atoms with E-state index in [1.165, 1.54) is 12.1 Å². The molecule has 1 aliphatic heterocycles. The van der Waals surface area contributed by atoms with Gasteiger partial charge in [0.1, 0.15) is 5.82 Å². The number of pyridine rings is 1. The molecular formula is C20H24FN3O. The minimum Gasteiger partial charge on any atom is -0.333 e. The van der Waals surface area contributed by atoms with E-state index in [4.69, 9.17) is 0 Å². The molecule has 1 N–H and O–H groups in total. The third-order valence-corrected chi connectivity index (χ3v) is 4.85. The lowest BCUT2D eigenvalue weighted by atomic mass is 10.0. The maximum absolute atomic E-state index is 13.1. The van der Waals surface area contributed by atoms with Crippen molar-refractivity contribution in [3.05, 3.63) is 65.7 Å². The number of nitrogens with zero attached hydrogens (tertiary/aromatic N) is 2. The van der Waals surface area contributed by atoms with Gasteiger partial charge in [0.2, 0.25) is 5.91 Å². The molecule has 4 nitrogen and oxygen atoms in total. The number of aromatic nitrogens is 1. The first kappa shape index (κ1) is 17.5. The molecule has 2 unspecified atom stereocenters. The Morgan fingerprint density at radius 2 is 2.12 bits per heavy atom. The van der Waals surface area contributed by atoms with Crippen molar-refractivity contribution in [3.63, 3.8) is 0 Å². The van der Waals surface area contributed by atoms with Gasteiger partial charge in [-0.25, -0.2) is 4.39 Å². The number of rotatable bonds is 7. The fourth-order valence-corrected chi connectivity index (χ4v) is 3.48. The Morgan fingerprint density at radius 1 is 1.32 bits per heavy atom. The Morgan fingerprint density at radius 3 is 2.84 bits per heavy atom. The Kier molecular flexibility index (Phi) is 5.76. The van der Waals surface area contributed by atoms with E-state index in [2.05, 4.69) is 10.3 Å². The van der Waals surface area contributed by atoms with Crippen molar-refractivity contribution < 1.29 is 9.18 Å². The van der Waals surface area contributed by atoms with Crippen LogP contribution >= 0.6 is 0 Å². The smallest absolute Gasteiger partial charge is 0.223 e. The Labute approximate surface area is 148 Å². The fourth-order valence-electron chi connectivity index (χ4n) is 3.48. The van der Waals surface area contributed by atoms with Crippen LogP contribution in [0.5, 0.6) is 0 Å². The van der Waals surface area contributed by atoms with E-state index in [9.17, 15) is 9.18 Å². The predicted octanol–water partition coefficient (Wildman–Crippen LogP) is 3.45. The minimum atomic E-state index is -0.250. The number of nitrogens with one attached hydrogen (secondary N) is 1. The van der Waals surface area contributed by atoms with Gasteiger partial charge in [-0.15, -0.1) is 0 Å². The van der Waals surface area contributed by atoms with Gasteiger partial charge in [-0.05, 0) is 55.6 Å². The summed E-state index contributed by atoms with van der Waals surface area (Å²) in [4.78, 5) is 18.4. The van der Waals surface area contributed by atoms with E-state index in [1.54, 1.807) is 18.3 Å². The highest BCUT2D eigenvalue weighted by Crippen LogP contribution is 2.31. The van der Waals surface area contributed by atoms with E-state index in [1.807, 2.05) is 30.2 Å². The number of hydrogen-bond donors (Lipinski definition) is 1. The molecule has 0 radical (unpaired) electrons. The Balaban J connectivity index is 1.55. The average Bonchev–Trinajstić information content (AvgIpc) is 3.00. The van der Waals surface area contributed by atoms with Gasteiger partial charge in [0.15, 0.2) is 0 Å². The third-order valence-electron chi connectivity index (χ3n) is 4.85. The summed E-state index contributed by atoms with van der Waals surface area (Å²) in [6.07, 6.45) is 6.02. The molecule has 2 atom stereocenters. The van der Waals surface area contributed by atoms with Gasteiger partial charge in [-0.3, -0.25) is 9.78 Å². The van der Waals surface area contributed by atoms with Crippen LogP contribution in [0.2, 0.25) is 0 Å². The van der Waals surface area contributed by atoms with Gasteiger partial charge in [0, 0.05) is 31.4 Å². The number of likely N-dealkylation sites (tertiary alicyclic amines) is 1. The van der Waals surface area contributed by atoms with Crippen molar-refractivity contribution in [2.75, 3.05) is 6.54 Å². The summed E-state index contributed by atoms with van der Waals surface area (Å²) < 4.78 is 13.1. The fraction of sp³-hybridized carbons (Fsp3) is 0.400. The topological polar surface area (TPSA) is 45.2 Å². The number of hydrogen-bond acceptors (Lipinski definition) is 3. The van der Waals surface area contributed by atoms with Gasteiger partial charge in [0.05, 0.1) is 6.04 Å². The second kappa shape index (κ2) is 8.21. The van der Waals surface area contributed by atoms with Crippen LogP contribution in [0.15, 0.2) is 48.8 Å². The van der Waals surface area contributed by atoms with Gasteiger partial charge in [-0.1, -0.05) is 18.2 Å². The normalized spacial score (nSPS) is 18.6. The van der Waals surface area contributed by atoms with Crippen LogP contribution in [-0.4, -0.2) is 28.4 Å². The van der Waals surface area contributed by atoms with E-state index >= 15 is 0 Å². The van der Waals surface area contributed by atoms with Crippen molar-refractivity contribution >= 4 is 5.91 Å². The molecule has 1 amide bonds. The van der Waals surface area contributed by atoms with Crippen molar-refractivity contribution in [2.45, 2.75) is 44.8 Å². The van der Waals surface area contributed by atoms with Crippen LogP contribution in [0.4, 0.5) is 4.39 Å². The van der Waals surface area contributed by atoms with Crippen LogP contribution in [0.25, 0.3) is 0 Å². The summed E-state index contributed by atoms with van der Waals surface area (Å²) in [6, 6.07) is 10.6. The van der Waals surface area contributed by atoms with Crippen molar-refractivity contribution in [1.82, 2.24) is 15.2 Å². The molecule has 1 saturated heterocycles. The molecule has 3 rings (SSSR count). The summed E-state index contributed by atoms with van der Waals surface area (Å²) in [5.74, 6) is -0.0612. The summed E-state index contributed by atoms with van der Waals surface area (Å²) in [6.45, 7) is 3.65. The number of benzene rings is 1. The molecule has 132 valence electrons. The van der Waals surface area contributed by atoms with Crippen molar-refractivity contribution in [1.29, 1.82) is 0 Å². The maximum Gasteiger partial charge on any atom is 0.223 e. The summed E-state index contributed by atoms with van der Waals surface area (Å²) in [5.41, 5.74) is 2.13. The van der Waals surface area contributed by atoms with Gasteiger partial charge < -0.3 is 10.2 Å². The zero-order valence-electron chi connectivity index (χ0n) is 14.5. The molecule has 0 aliphatic carbocycles. The van der Waals surface area contributed by atoms with E-state index in [-0.39, 0.29) is 23.8 Å². The average molecular weight is 341 g/mol. The van der Waals surface area contributed by atoms with Gasteiger partial charge >= 0.3 is 0 Å². The first-order valence-electron chi connectivity index (χ1n) is 8.81. The molecule has 1 aromatic carbocycles. The largest absolute Gasteiger partial charge is 0.333 e. The number of amides is 1. The first-order chi connectivity index (χ1) is 12.1. The second-order valence-electron chi connectivity index (χ2n) is 6.55. The molecule has 1 aromatic heterocycles. The molecule has 25 heavy (non-hydrogen) atoms. The zero-order valence-corrected chi connectivity index (χ0v) is 14.5. The molecule has 1 aliphatic rings. The minimum absolute atomic E-state index is 0.0288. The Hall–Kier alpha value is -2.27. The molecule has 0 spiro atoms. The first-order valence-corrected chi connectivity index (χ1v) is 8.81. The van der Waals surface area contributed by atoms with Crippen LogP contribution in [0.3, 0.4) is 0 Å². The van der Waals surface area contributed by atoms with Crippen molar-refractivity contribution in [2.24, 2.45) is 0 Å². The number of halogens is 1. The molecule has 2 aromatic rings. The summed E-state index contributed by atoms with van der Waals surface area (Å²) in [5, 5.41) is 3.42. The highest BCUT2D eigenvalue weighted by atomic mass is 19.1. The number of carbonyl (C=O) groups excluding carboxylic acids is 1. The van der Waals surface area contributed by atoms with Gasteiger partial charge in [0.25, 0.3) is 0 Å². The predicted molar refractivity (Wildman–Crippen MR) is 95.2 cm³/mol. The third kappa shape index (κ3) is 4.42. The molecule has 0 saturated carbocycles. The lowest BCUT2D eigenvalue weighted by molar-refractivity contribution is -0.131. The molecule has 0 bridgehead atoms. The summed E-state index contributed by atoms with van der Waals surface area (Å²) in [7, 11) is 0. The van der Waals surface area contributed by atoms with Crippen molar-refractivity contribution in [3.8, 4) is 0 Å². The lowest BCUT2D eigenvalue weighted by Crippen LogP contribution is -2.37. The van der Waals surface area contributed by atoms with Crippen LogP contribution in [0.1, 0.15) is 43.4 Å². The number of carbonyl (C=O) groups is 1. The van der Waals surface area contributed by atoms with Gasteiger partial charge in [-0.2, -0.15) is 0 Å². The standard InChI is InChI=1S/C20H24FN3O/c1-15(17-4-6-18(21)7-5-17)24-19(8-9-20(24)25)10-12-23-14-16-3-2-11-22-13-16/h2-7,11,13,15,19,23H,8-10,12,14H2,1H3. The van der Waals surface area contributed by atoms with Crippen LogP contribution in [-0.2, 0) is 11.3 Å². The Bertz CT molecular complexity index is 690. The molecular weight excluding hydrogens is 317 g/mol. The zero-order chi connectivity index (χ0) is 17.6. The second-order valence-corrected chi connectivity index (χ2v) is 6.55. The van der Waals surface area contributed by atoms with Crippen LogP contribution in [0, 0.1) is 5.82 Å².